The third kappa shape index (κ3) is 4.58. The summed E-state index contributed by atoms with van der Waals surface area (Å²) in [5, 5.41) is 0. The first-order chi connectivity index (χ1) is 17.8. The fourth-order valence-electron chi connectivity index (χ4n) is 4.51. The molecule has 1 aromatic heterocycles. The molecule has 0 saturated heterocycles. The number of carbonyl (C=O) groups excluding carboxylic acids is 2. The maximum atomic E-state index is 13.4. The smallest absolute Gasteiger partial charge is 0.337 e. The van der Waals surface area contributed by atoms with Crippen molar-refractivity contribution in [2.24, 2.45) is 4.99 Å². The van der Waals surface area contributed by atoms with Crippen LogP contribution in [0.15, 0.2) is 76.6 Å². The van der Waals surface area contributed by atoms with Crippen molar-refractivity contribution in [2.45, 2.75) is 31.2 Å². The summed E-state index contributed by atoms with van der Waals surface area (Å²) in [6.07, 6.45) is 1.59. The predicted octanol–water partition coefficient (Wildman–Crippen LogP) is 4.39. The molecule has 0 atom stereocenters. The van der Waals surface area contributed by atoms with Gasteiger partial charge in [-0.05, 0) is 73.9 Å². The largest absolute Gasteiger partial charge is 0.465 e. The van der Waals surface area contributed by atoms with Gasteiger partial charge in [0, 0.05) is 18.7 Å². The number of anilines is 1. The first-order valence-corrected chi connectivity index (χ1v) is 14.1. The predicted molar refractivity (Wildman–Crippen MR) is 142 cm³/mol. The molecule has 0 unspecified atom stereocenters. The Kier molecular flexibility index (Phi) is 6.70. The van der Waals surface area contributed by atoms with Gasteiger partial charge in [0.1, 0.15) is 0 Å². The van der Waals surface area contributed by atoms with E-state index in [-0.39, 0.29) is 10.5 Å². The van der Waals surface area contributed by atoms with Crippen molar-refractivity contribution in [3.63, 3.8) is 0 Å². The Labute approximate surface area is 218 Å². The van der Waals surface area contributed by atoms with E-state index >= 15 is 0 Å². The summed E-state index contributed by atoms with van der Waals surface area (Å²) in [6.45, 7) is 2.94. The second kappa shape index (κ2) is 9.95. The highest BCUT2D eigenvalue weighted by Gasteiger charge is 2.29. The molecular weight excluding hydrogens is 510 g/mol. The maximum absolute atomic E-state index is 13.4. The number of ether oxygens (including phenoxy) is 1. The van der Waals surface area contributed by atoms with E-state index < -0.39 is 21.9 Å². The van der Waals surface area contributed by atoms with Crippen molar-refractivity contribution in [2.75, 3.05) is 18.0 Å². The molecule has 1 aliphatic rings. The zero-order valence-corrected chi connectivity index (χ0v) is 22.0. The molecule has 0 N–H and O–H groups in total. The van der Waals surface area contributed by atoms with Gasteiger partial charge in [0.15, 0.2) is 4.80 Å². The van der Waals surface area contributed by atoms with Gasteiger partial charge in [-0.3, -0.25) is 9.10 Å². The van der Waals surface area contributed by atoms with E-state index in [9.17, 15) is 18.0 Å². The number of methoxy groups -OCH3 is 1. The number of aromatic nitrogens is 1. The van der Waals surface area contributed by atoms with E-state index in [0.29, 0.717) is 29.1 Å². The second-order valence-corrected chi connectivity index (χ2v) is 11.4. The minimum atomic E-state index is -3.77. The van der Waals surface area contributed by atoms with Crippen LogP contribution in [0.5, 0.6) is 0 Å². The topological polar surface area (TPSA) is 98.0 Å². The lowest BCUT2D eigenvalue weighted by atomic mass is 10.0. The third-order valence-electron chi connectivity index (χ3n) is 6.37. The van der Waals surface area contributed by atoms with Gasteiger partial charge in [0.25, 0.3) is 15.9 Å². The molecule has 37 heavy (non-hydrogen) atoms. The van der Waals surface area contributed by atoms with Crippen molar-refractivity contribution >= 4 is 49.1 Å². The van der Waals surface area contributed by atoms with Gasteiger partial charge in [-0.2, -0.15) is 4.99 Å². The van der Waals surface area contributed by atoms with Gasteiger partial charge in [-0.15, -0.1) is 0 Å². The van der Waals surface area contributed by atoms with Crippen molar-refractivity contribution < 1.29 is 22.7 Å². The number of hydrogen-bond acceptors (Lipinski definition) is 6. The molecule has 1 amide bonds. The standard InChI is InChI=1S/C27H25N3O5S2/c1-3-29-23-15-12-20(26(32)35-2)17-24(23)36-27(29)28-25(31)19-10-13-21(14-11-19)37(33,34)30-16-6-8-18-7-4-5-9-22(18)30/h4-5,7,9-15,17H,3,6,8,16H2,1-2H3. The van der Waals surface area contributed by atoms with Crippen LogP contribution in [0.2, 0.25) is 0 Å². The van der Waals surface area contributed by atoms with Crippen LogP contribution in [0.25, 0.3) is 10.2 Å². The molecule has 3 aromatic carbocycles. The lowest BCUT2D eigenvalue weighted by molar-refractivity contribution is 0.0600. The monoisotopic (exact) mass is 535 g/mol. The van der Waals surface area contributed by atoms with Gasteiger partial charge < -0.3 is 9.30 Å². The molecule has 4 aromatic rings. The zero-order chi connectivity index (χ0) is 26.2. The van der Waals surface area contributed by atoms with Crippen LogP contribution in [0.4, 0.5) is 5.69 Å². The first kappa shape index (κ1) is 24.9. The molecule has 0 spiro atoms. The first-order valence-electron chi connectivity index (χ1n) is 11.8. The Bertz CT molecular complexity index is 1690. The maximum Gasteiger partial charge on any atom is 0.337 e. The highest BCUT2D eigenvalue weighted by Crippen LogP contribution is 2.31. The lowest BCUT2D eigenvalue weighted by Crippen LogP contribution is -2.35. The number of carbonyl (C=O) groups is 2. The quantitative estimate of drug-likeness (QED) is 0.353. The van der Waals surface area contributed by atoms with Crippen LogP contribution in [0.1, 0.15) is 39.6 Å². The van der Waals surface area contributed by atoms with E-state index in [1.165, 1.54) is 47.0 Å². The second-order valence-electron chi connectivity index (χ2n) is 8.55. The average Bonchev–Trinajstić information content (AvgIpc) is 3.28. The molecule has 0 saturated carbocycles. The number of thiazole rings is 1. The Morgan fingerprint density at radius 3 is 2.49 bits per heavy atom. The molecule has 8 nitrogen and oxygen atoms in total. The van der Waals surface area contributed by atoms with Crippen LogP contribution >= 0.6 is 11.3 Å². The highest BCUT2D eigenvalue weighted by atomic mass is 32.2. The molecule has 1 aliphatic heterocycles. The lowest BCUT2D eigenvalue weighted by Gasteiger charge is -2.30. The Hall–Kier alpha value is -3.76. The number of hydrogen-bond donors (Lipinski definition) is 0. The summed E-state index contributed by atoms with van der Waals surface area (Å²) in [4.78, 5) is 29.8. The molecule has 0 bridgehead atoms. The summed E-state index contributed by atoms with van der Waals surface area (Å²) in [7, 11) is -2.44. The van der Waals surface area contributed by atoms with Crippen LogP contribution in [0, 0.1) is 0 Å². The van der Waals surface area contributed by atoms with Gasteiger partial charge in [-0.25, -0.2) is 13.2 Å². The van der Waals surface area contributed by atoms with E-state index in [0.717, 1.165) is 28.6 Å². The summed E-state index contributed by atoms with van der Waals surface area (Å²) in [6, 6.07) is 18.6. The van der Waals surface area contributed by atoms with Crippen molar-refractivity contribution in [3.8, 4) is 0 Å². The number of amides is 1. The highest BCUT2D eigenvalue weighted by molar-refractivity contribution is 7.92. The van der Waals surface area contributed by atoms with Crippen molar-refractivity contribution in [1.29, 1.82) is 0 Å². The van der Waals surface area contributed by atoms with Gasteiger partial charge in [-0.1, -0.05) is 29.5 Å². The summed E-state index contributed by atoms with van der Waals surface area (Å²) >= 11 is 1.30. The Balaban J connectivity index is 1.45. The molecule has 2 heterocycles. The normalized spacial score (nSPS) is 14.0. The van der Waals surface area contributed by atoms with Crippen LogP contribution in [0.3, 0.4) is 0 Å². The number of rotatable bonds is 5. The van der Waals surface area contributed by atoms with Crippen molar-refractivity contribution in [1.82, 2.24) is 4.57 Å². The summed E-state index contributed by atoms with van der Waals surface area (Å²) < 4.78 is 35.7. The van der Waals surface area contributed by atoms with E-state index in [1.807, 2.05) is 41.8 Å². The summed E-state index contributed by atoms with van der Waals surface area (Å²) in [5.74, 6) is -0.912. The van der Waals surface area contributed by atoms with Crippen LogP contribution in [-0.4, -0.2) is 38.5 Å². The number of fused-ring (bicyclic) bond motifs is 2. The number of aryl methyl sites for hydroxylation is 2. The Morgan fingerprint density at radius 1 is 1.03 bits per heavy atom. The Morgan fingerprint density at radius 2 is 1.76 bits per heavy atom. The van der Waals surface area contributed by atoms with E-state index in [2.05, 4.69) is 4.99 Å². The molecule has 190 valence electrons. The van der Waals surface area contributed by atoms with E-state index in [1.54, 1.807) is 12.1 Å². The zero-order valence-electron chi connectivity index (χ0n) is 20.4. The third-order valence-corrected chi connectivity index (χ3v) is 9.24. The van der Waals surface area contributed by atoms with E-state index in [4.69, 9.17) is 4.74 Å². The number of benzene rings is 3. The number of para-hydroxylation sites is 1. The minimum absolute atomic E-state index is 0.126. The molecule has 0 fully saturated rings. The number of esters is 1. The number of nitrogens with zero attached hydrogens (tertiary/aromatic N) is 3. The van der Waals surface area contributed by atoms with Gasteiger partial charge in [0.05, 0.1) is 33.5 Å². The molecule has 0 radical (unpaired) electrons. The molecule has 5 rings (SSSR count). The molecule has 10 heteroatoms. The molecule has 0 aliphatic carbocycles. The molecular formula is C27H25N3O5S2. The summed E-state index contributed by atoms with van der Waals surface area (Å²) in [5.41, 5.74) is 3.27. The minimum Gasteiger partial charge on any atom is -0.465 e. The number of sulfonamides is 1. The average molecular weight is 536 g/mol. The van der Waals surface area contributed by atoms with Gasteiger partial charge >= 0.3 is 5.97 Å². The fraction of sp³-hybridized carbons (Fsp3) is 0.222. The van der Waals surface area contributed by atoms with Crippen LogP contribution in [-0.2, 0) is 27.7 Å². The van der Waals surface area contributed by atoms with Crippen LogP contribution < -0.4 is 9.11 Å². The SMILES string of the molecule is CCn1c(=NC(=O)c2ccc(S(=O)(=O)N3CCCc4ccccc43)cc2)sc2cc(C(=O)OC)ccc21. The fourth-order valence-corrected chi connectivity index (χ4v) is 7.18. The van der Waals surface area contributed by atoms with Gasteiger partial charge in [0.2, 0.25) is 0 Å². The van der Waals surface area contributed by atoms with Crippen molar-refractivity contribution in [3.05, 3.63) is 88.2 Å².